The van der Waals surface area contributed by atoms with Crippen LogP contribution in [0.1, 0.15) is 32.3 Å². The van der Waals surface area contributed by atoms with Crippen LogP contribution >= 0.6 is 11.6 Å². The summed E-state index contributed by atoms with van der Waals surface area (Å²) in [7, 11) is 0. The smallest absolute Gasteiger partial charge is 0.351 e. The maximum atomic E-state index is 13.4. The normalized spacial score (nSPS) is 14.9. The SMILES string of the molecule is CC(C)CC(=O)Cn1c(-c2cccc(Cl)c2)nn(-c2ccc(CCN3CCCOCC3)cc2)c1=O. The van der Waals surface area contributed by atoms with Gasteiger partial charge in [-0.3, -0.25) is 9.36 Å². The zero-order chi connectivity index (χ0) is 24.8. The number of hydrogen-bond donors (Lipinski definition) is 0. The van der Waals surface area contributed by atoms with Crippen molar-refractivity contribution in [2.24, 2.45) is 5.92 Å². The van der Waals surface area contributed by atoms with E-state index in [1.807, 2.05) is 50.2 Å². The van der Waals surface area contributed by atoms with Crippen LogP contribution in [-0.4, -0.2) is 57.9 Å². The van der Waals surface area contributed by atoms with Crippen LogP contribution in [0.5, 0.6) is 0 Å². The van der Waals surface area contributed by atoms with Gasteiger partial charge in [0.2, 0.25) is 0 Å². The molecule has 1 aliphatic rings. The fourth-order valence-electron chi connectivity index (χ4n) is 4.36. The van der Waals surface area contributed by atoms with Crippen molar-refractivity contribution < 1.29 is 9.53 Å². The Labute approximate surface area is 211 Å². The molecule has 3 aromatic rings. The van der Waals surface area contributed by atoms with Crippen molar-refractivity contribution in [2.75, 3.05) is 32.8 Å². The van der Waals surface area contributed by atoms with Crippen molar-refractivity contribution in [1.29, 1.82) is 0 Å². The molecule has 1 fully saturated rings. The standard InChI is InChI=1S/C27H33ClN4O3/c1-20(2)17-25(33)19-31-26(22-5-3-6-23(28)18-22)29-32(27(31)34)24-9-7-21(8-10-24)11-13-30-12-4-15-35-16-14-30/h3,5-10,18,20H,4,11-17,19H2,1-2H3. The summed E-state index contributed by atoms with van der Waals surface area (Å²) in [6.07, 6.45) is 2.41. The van der Waals surface area contributed by atoms with Crippen molar-refractivity contribution in [1.82, 2.24) is 19.2 Å². The lowest BCUT2D eigenvalue weighted by molar-refractivity contribution is -0.120. The first-order chi connectivity index (χ1) is 16.9. The lowest BCUT2D eigenvalue weighted by Crippen LogP contribution is -2.28. The maximum Gasteiger partial charge on any atom is 0.351 e. The van der Waals surface area contributed by atoms with E-state index in [-0.39, 0.29) is 23.9 Å². The van der Waals surface area contributed by atoms with E-state index < -0.39 is 0 Å². The van der Waals surface area contributed by atoms with E-state index in [0.29, 0.717) is 28.5 Å². The molecule has 4 rings (SSSR count). The van der Waals surface area contributed by atoms with Gasteiger partial charge in [-0.2, -0.15) is 4.68 Å². The lowest BCUT2D eigenvalue weighted by atomic mass is 10.1. The Hall–Kier alpha value is -2.74. The van der Waals surface area contributed by atoms with Gasteiger partial charge in [0.15, 0.2) is 11.6 Å². The molecule has 8 heteroatoms. The Kier molecular flexibility index (Phi) is 8.55. The van der Waals surface area contributed by atoms with Crippen molar-refractivity contribution in [3.63, 3.8) is 0 Å². The molecule has 1 saturated heterocycles. The molecule has 1 aliphatic heterocycles. The molecule has 0 bridgehead atoms. The summed E-state index contributed by atoms with van der Waals surface area (Å²) in [5, 5.41) is 5.16. The van der Waals surface area contributed by atoms with E-state index in [1.165, 1.54) is 14.8 Å². The van der Waals surface area contributed by atoms with Gasteiger partial charge in [-0.15, -0.1) is 5.10 Å². The van der Waals surface area contributed by atoms with Gasteiger partial charge in [0, 0.05) is 43.2 Å². The first-order valence-corrected chi connectivity index (χ1v) is 12.7. The Balaban J connectivity index is 1.58. The average Bonchev–Trinajstić information content (AvgIpc) is 2.99. The highest BCUT2D eigenvalue weighted by Crippen LogP contribution is 2.21. The predicted octanol–water partition coefficient (Wildman–Crippen LogP) is 4.23. The van der Waals surface area contributed by atoms with Gasteiger partial charge in [0.25, 0.3) is 0 Å². The van der Waals surface area contributed by atoms with Crippen LogP contribution in [0.2, 0.25) is 5.02 Å². The molecular weight excluding hydrogens is 464 g/mol. The van der Waals surface area contributed by atoms with Gasteiger partial charge in [0.1, 0.15) is 0 Å². The molecule has 0 amide bonds. The number of ether oxygens (including phenoxy) is 1. The topological polar surface area (TPSA) is 69.4 Å². The van der Waals surface area contributed by atoms with Gasteiger partial charge in [-0.25, -0.2) is 4.79 Å². The van der Waals surface area contributed by atoms with Crippen LogP contribution < -0.4 is 5.69 Å². The van der Waals surface area contributed by atoms with Crippen molar-refractivity contribution >= 4 is 17.4 Å². The second kappa shape index (κ2) is 11.8. The van der Waals surface area contributed by atoms with Crippen LogP contribution in [0.4, 0.5) is 0 Å². The van der Waals surface area contributed by atoms with E-state index in [9.17, 15) is 9.59 Å². The molecule has 0 N–H and O–H groups in total. The van der Waals surface area contributed by atoms with E-state index >= 15 is 0 Å². The van der Waals surface area contributed by atoms with E-state index in [2.05, 4.69) is 10.00 Å². The number of ketones is 1. The first kappa shape index (κ1) is 25.4. The molecule has 186 valence electrons. The molecule has 2 heterocycles. The molecule has 0 atom stereocenters. The summed E-state index contributed by atoms with van der Waals surface area (Å²) in [5.41, 5.74) is 2.23. The molecule has 2 aromatic carbocycles. The summed E-state index contributed by atoms with van der Waals surface area (Å²) in [6, 6.07) is 15.1. The summed E-state index contributed by atoms with van der Waals surface area (Å²) in [4.78, 5) is 28.4. The number of halogens is 1. The maximum absolute atomic E-state index is 13.4. The Bertz CT molecular complexity index is 1190. The summed E-state index contributed by atoms with van der Waals surface area (Å²) in [6.45, 7) is 8.60. The van der Waals surface area contributed by atoms with E-state index in [0.717, 1.165) is 45.7 Å². The van der Waals surface area contributed by atoms with E-state index in [4.69, 9.17) is 16.3 Å². The van der Waals surface area contributed by atoms with Crippen LogP contribution in [0.3, 0.4) is 0 Å². The fourth-order valence-corrected chi connectivity index (χ4v) is 4.55. The quantitative estimate of drug-likeness (QED) is 0.443. The molecule has 0 aliphatic carbocycles. The van der Waals surface area contributed by atoms with Gasteiger partial charge in [-0.05, 0) is 48.6 Å². The minimum Gasteiger partial charge on any atom is -0.380 e. The first-order valence-electron chi connectivity index (χ1n) is 12.3. The zero-order valence-corrected chi connectivity index (χ0v) is 21.2. The van der Waals surface area contributed by atoms with Gasteiger partial charge < -0.3 is 9.64 Å². The minimum absolute atomic E-state index is 0.000751. The molecule has 1 aromatic heterocycles. The molecule has 35 heavy (non-hydrogen) atoms. The van der Waals surface area contributed by atoms with Crippen molar-refractivity contribution in [3.8, 4) is 17.1 Å². The lowest BCUT2D eigenvalue weighted by Gasteiger charge is -2.18. The third-order valence-corrected chi connectivity index (χ3v) is 6.36. The van der Waals surface area contributed by atoms with Crippen LogP contribution in [0.25, 0.3) is 17.1 Å². The number of carbonyl (C=O) groups excluding carboxylic acids is 1. The fraction of sp³-hybridized carbons (Fsp3) is 0.444. The molecule has 7 nitrogen and oxygen atoms in total. The largest absolute Gasteiger partial charge is 0.380 e. The summed E-state index contributed by atoms with van der Waals surface area (Å²) < 4.78 is 8.35. The number of benzene rings is 2. The van der Waals surface area contributed by atoms with Crippen LogP contribution in [-0.2, 0) is 22.5 Å². The number of Topliss-reactive ketones (excluding diaryl/α,β-unsaturated/α-hetero) is 1. The second-order valence-corrected chi connectivity index (χ2v) is 9.91. The minimum atomic E-state index is -0.339. The summed E-state index contributed by atoms with van der Waals surface area (Å²) in [5.74, 6) is 0.651. The molecule has 0 unspecified atom stereocenters. The van der Waals surface area contributed by atoms with Crippen LogP contribution in [0, 0.1) is 5.92 Å². The monoisotopic (exact) mass is 496 g/mol. The molecule has 0 radical (unpaired) electrons. The molecule has 0 spiro atoms. The highest BCUT2D eigenvalue weighted by molar-refractivity contribution is 6.30. The van der Waals surface area contributed by atoms with Crippen molar-refractivity contribution in [3.05, 3.63) is 69.6 Å². The second-order valence-electron chi connectivity index (χ2n) is 9.48. The zero-order valence-electron chi connectivity index (χ0n) is 20.5. The summed E-state index contributed by atoms with van der Waals surface area (Å²) >= 11 is 6.20. The number of aromatic nitrogens is 3. The predicted molar refractivity (Wildman–Crippen MR) is 138 cm³/mol. The van der Waals surface area contributed by atoms with Gasteiger partial charge in [-0.1, -0.05) is 49.7 Å². The number of nitrogens with zero attached hydrogens (tertiary/aromatic N) is 4. The van der Waals surface area contributed by atoms with Gasteiger partial charge in [0.05, 0.1) is 18.8 Å². The third-order valence-electron chi connectivity index (χ3n) is 6.13. The number of rotatable bonds is 9. The average molecular weight is 497 g/mol. The Morgan fingerprint density at radius 1 is 1.11 bits per heavy atom. The van der Waals surface area contributed by atoms with Gasteiger partial charge >= 0.3 is 5.69 Å². The van der Waals surface area contributed by atoms with Crippen molar-refractivity contribution in [2.45, 2.75) is 39.7 Å². The number of carbonyl (C=O) groups is 1. The number of hydrogen-bond acceptors (Lipinski definition) is 5. The van der Waals surface area contributed by atoms with E-state index in [1.54, 1.807) is 12.1 Å². The molecular formula is C27H33ClN4O3. The highest BCUT2D eigenvalue weighted by Gasteiger charge is 2.19. The van der Waals surface area contributed by atoms with Crippen LogP contribution in [0.15, 0.2) is 53.3 Å². The third kappa shape index (κ3) is 6.69. The highest BCUT2D eigenvalue weighted by atomic mass is 35.5. The molecule has 0 saturated carbocycles. The Morgan fingerprint density at radius 2 is 1.91 bits per heavy atom. The Morgan fingerprint density at radius 3 is 2.66 bits per heavy atom.